The average Bonchev–Trinajstić information content (AvgIpc) is 3.13. The molecular formula is C19H19ClN4O3S3. The molecule has 0 radical (unpaired) electrons. The van der Waals surface area contributed by atoms with Crippen molar-refractivity contribution in [2.24, 2.45) is 0 Å². The lowest BCUT2D eigenvalue weighted by Crippen LogP contribution is -2.30. The number of anilines is 1. The zero-order valence-corrected chi connectivity index (χ0v) is 19.3. The van der Waals surface area contributed by atoms with E-state index in [1.54, 1.807) is 13.8 Å². The lowest BCUT2D eigenvalue weighted by molar-refractivity contribution is 0.102. The van der Waals surface area contributed by atoms with E-state index in [0.29, 0.717) is 9.47 Å². The van der Waals surface area contributed by atoms with E-state index in [1.165, 1.54) is 41.3 Å². The third-order valence-corrected chi connectivity index (χ3v) is 7.74. The monoisotopic (exact) mass is 482 g/mol. The number of carbonyl (C=O) groups is 1. The molecule has 0 aliphatic carbocycles. The summed E-state index contributed by atoms with van der Waals surface area (Å²) in [7, 11) is -3.75. The second-order valence-corrected chi connectivity index (χ2v) is 10.8. The minimum absolute atomic E-state index is 0.0389. The zero-order chi connectivity index (χ0) is 21.7. The summed E-state index contributed by atoms with van der Waals surface area (Å²) in [5.74, 6) is 0.176. The van der Waals surface area contributed by atoms with Crippen molar-refractivity contribution in [3.63, 3.8) is 0 Å². The smallest absolute Gasteiger partial charge is 0.259 e. The molecule has 3 aromatic rings. The Bertz CT molecular complexity index is 1130. The maximum Gasteiger partial charge on any atom is 0.259 e. The number of thioether (sulfide) groups is 1. The third kappa shape index (κ3) is 6.02. The van der Waals surface area contributed by atoms with Crippen molar-refractivity contribution < 1.29 is 13.2 Å². The van der Waals surface area contributed by atoms with Crippen LogP contribution in [0.1, 0.15) is 29.8 Å². The molecule has 0 bridgehead atoms. The molecule has 0 aliphatic rings. The van der Waals surface area contributed by atoms with Crippen LogP contribution < -0.4 is 10.0 Å². The molecule has 0 atom stereocenters. The molecule has 0 spiro atoms. The lowest BCUT2D eigenvalue weighted by atomic mass is 10.2. The first-order valence-electron chi connectivity index (χ1n) is 8.88. The number of hydrogen-bond donors (Lipinski definition) is 2. The highest BCUT2D eigenvalue weighted by atomic mass is 35.5. The number of rotatable bonds is 8. The maximum absolute atomic E-state index is 12.6. The fraction of sp³-hybridized carbons (Fsp3) is 0.211. The van der Waals surface area contributed by atoms with E-state index in [-0.39, 0.29) is 21.5 Å². The highest BCUT2D eigenvalue weighted by Crippen LogP contribution is 2.29. The predicted molar refractivity (Wildman–Crippen MR) is 121 cm³/mol. The first-order valence-corrected chi connectivity index (χ1v) is 12.5. The first kappa shape index (κ1) is 22.7. The fourth-order valence-corrected chi connectivity index (χ4v) is 5.61. The minimum Gasteiger partial charge on any atom is -0.296 e. The summed E-state index contributed by atoms with van der Waals surface area (Å²) in [4.78, 5) is 12.6. The molecule has 158 valence electrons. The summed E-state index contributed by atoms with van der Waals surface area (Å²) in [6.07, 6.45) is 0. The van der Waals surface area contributed by atoms with Crippen LogP contribution in [-0.2, 0) is 15.8 Å². The predicted octanol–water partition coefficient (Wildman–Crippen LogP) is 4.42. The number of benzene rings is 2. The Morgan fingerprint density at radius 1 is 1.17 bits per heavy atom. The van der Waals surface area contributed by atoms with Crippen LogP contribution in [0.3, 0.4) is 0 Å². The number of aromatic nitrogens is 2. The van der Waals surface area contributed by atoms with Crippen LogP contribution in [-0.4, -0.2) is 30.6 Å². The molecule has 0 unspecified atom stereocenters. The SMILES string of the molecule is CC(C)NS(=O)(=O)c1ccc(Cl)c(C(=O)Nc2nnc(SCc3ccccc3)s2)c1. The molecule has 0 fully saturated rings. The van der Waals surface area contributed by atoms with Crippen LogP contribution in [0, 0.1) is 0 Å². The largest absolute Gasteiger partial charge is 0.296 e. The van der Waals surface area contributed by atoms with Gasteiger partial charge in [-0.3, -0.25) is 10.1 Å². The van der Waals surface area contributed by atoms with Crippen LogP contribution in [0.2, 0.25) is 5.02 Å². The Labute approximate surface area is 188 Å². The van der Waals surface area contributed by atoms with E-state index in [0.717, 1.165) is 11.3 Å². The van der Waals surface area contributed by atoms with Gasteiger partial charge in [0.25, 0.3) is 5.91 Å². The number of hydrogen-bond acceptors (Lipinski definition) is 7. The molecule has 30 heavy (non-hydrogen) atoms. The number of carbonyl (C=O) groups excluding carboxylic acids is 1. The van der Waals surface area contributed by atoms with Crippen LogP contribution in [0.4, 0.5) is 5.13 Å². The minimum atomic E-state index is -3.75. The highest BCUT2D eigenvalue weighted by molar-refractivity contribution is 8.00. The van der Waals surface area contributed by atoms with Crippen molar-refractivity contribution in [1.82, 2.24) is 14.9 Å². The number of sulfonamides is 1. The summed E-state index contributed by atoms with van der Waals surface area (Å²) in [6, 6.07) is 13.6. The summed E-state index contributed by atoms with van der Waals surface area (Å²) in [6.45, 7) is 3.42. The number of amides is 1. The van der Waals surface area contributed by atoms with E-state index in [9.17, 15) is 13.2 Å². The van der Waals surface area contributed by atoms with Gasteiger partial charge in [-0.15, -0.1) is 10.2 Å². The van der Waals surface area contributed by atoms with Crippen LogP contribution in [0.15, 0.2) is 57.8 Å². The fourth-order valence-electron chi connectivity index (χ4n) is 2.43. The molecule has 1 amide bonds. The molecule has 0 saturated heterocycles. The van der Waals surface area contributed by atoms with Gasteiger partial charge in [0.1, 0.15) is 0 Å². The molecule has 0 saturated carbocycles. The molecule has 2 N–H and O–H groups in total. The zero-order valence-electron chi connectivity index (χ0n) is 16.1. The molecule has 1 aromatic heterocycles. The normalized spacial score (nSPS) is 11.6. The van der Waals surface area contributed by atoms with Gasteiger partial charge in [-0.05, 0) is 37.6 Å². The summed E-state index contributed by atoms with van der Waals surface area (Å²) < 4.78 is 27.9. The van der Waals surface area contributed by atoms with Crippen LogP contribution in [0.25, 0.3) is 0 Å². The van der Waals surface area contributed by atoms with Gasteiger partial charge in [-0.2, -0.15) is 0 Å². The molecule has 2 aromatic carbocycles. The van der Waals surface area contributed by atoms with Gasteiger partial charge in [0.05, 0.1) is 15.5 Å². The quantitative estimate of drug-likeness (QED) is 0.364. The topological polar surface area (TPSA) is 101 Å². The van der Waals surface area contributed by atoms with E-state index in [1.807, 2.05) is 30.3 Å². The van der Waals surface area contributed by atoms with E-state index < -0.39 is 15.9 Å². The Kier molecular flexibility index (Phi) is 7.48. The average molecular weight is 483 g/mol. The molecular weight excluding hydrogens is 464 g/mol. The van der Waals surface area contributed by atoms with Gasteiger partial charge < -0.3 is 0 Å². The summed E-state index contributed by atoms with van der Waals surface area (Å²) >= 11 is 8.87. The standard InChI is InChI=1S/C19H19ClN4O3S3/c1-12(2)24-30(26,27)14-8-9-16(20)15(10-14)17(25)21-18-22-23-19(29-18)28-11-13-6-4-3-5-7-13/h3-10,12,24H,11H2,1-2H3,(H,21,22,25). The summed E-state index contributed by atoms with van der Waals surface area (Å²) in [5.41, 5.74) is 1.19. The van der Waals surface area contributed by atoms with Gasteiger partial charge in [-0.1, -0.05) is 65.0 Å². The second kappa shape index (κ2) is 9.88. The van der Waals surface area contributed by atoms with Crippen molar-refractivity contribution in [3.8, 4) is 0 Å². The van der Waals surface area contributed by atoms with Crippen molar-refractivity contribution in [1.29, 1.82) is 0 Å². The molecule has 7 nitrogen and oxygen atoms in total. The van der Waals surface area contributed by atoms with Crippen molar-refractivity contribution in [3.05, 3.63) is 64.7 Å². The van der Waals surface area contributed by atoms with Crippen LogP contribution in [0.5, 0.6) is 0 Å². The highest BCUT2D eigenvalue weighted by Gasteiger charge is 2.20. The number of nitrogens with zero attached hydrogens (tertiary/aromatic N) is 2. The van der Waals surface area contributed by atoms with Gasteiger partial charge in [0, 0.05) is 11.8 Å². The molecule has 0 aliphatic heterocycles. The Morgan fingerprint density at radius 2 is 1.90 bits per heavy atom. The van der Waals surface area contributed by atoms with Gasteiger partial charge >= 0.3 is 0 Å². The number of nitrogens with one attached hydrogen (secondary N) is 2. The Balaban J connectivity index is 1.70. The lowest BCUT2D eigenvalue weighted by Gasteiger charge is -2.11. The Hall–Kier alpha value is -1.98. The Morgan fingerprint density at radius 3 is 2.60 bits per heavy atom. The summed E-state index contributed by atoms with van der Waals surface area (Å²) in [5, 5.41) is 11.1. The van der Waals surface area contributed by atoms with Crippen LogP contribution >= 0.6 is 34.7 Å². The van der Waals surface area contributed by atoms with Gasteiger partial charge in [0.2, 0.25) is 15.2 Å². The van der Waals surface area contributed by atoms with E-state index in [4.69, 9.17) is 11.6 Å². The number of halogens is 1. The van der Waals surface area contributed by atoms with Gasteiger partial charge in [0.15, 0.2) is 4.34 Å². The molecule has 3 rings (SSSR count). The maximum atomic E-state index is 12.6. The molecule has 11 heteroatoms. The first-order chi connectivity index (χ1) is 14.2. The third-order valence-electron chi connectivity index (χ3n) is 3.72. The van der Waals surface area contributed by atoms with Crippen molar-refractivity contribution in [2.75, 3.05) is 5.32 Å². The second-order valence-electron chi connectivity index (χ2n) is 6.52. The van der Waals surface area contributed by atoms with Gasteiger partial charge in [-0.25, -0.2) is 13.1 Å². The van der Waals surface area contributed by atoms with E-state index >= 15 is 0 Å². The molecule has 1 heterocycles. The van der Waals surface area contributed by atoms with Crippen molar-refractivity contribution >= 4 is 55.8 Å². The van der Waals surface area contributed by atoms with Crippen molar-refractivity contribution in [2.45, 2.75) is 34.9 Å². The van der Waals surface area contributed by atoms with E-state index in [2.05, 4.69) is 20.2 Å².